The number of methoxy groups -OCH3 is 1. The number of anilines is 2. The highest BCUT2D eigenvalue weighted by molar-refractivity contribution is 7.89. The molecule has 1 heterocycles. The molecule has 2 aromatic rings. The number of pyridine rings is 1. The van der Waals surface area contributed by atoms with Crippen molar-refractivity contribution in [3.8, 4) is 5.88 Å². The number of aromatic nitrogens is 1. The molecule has 0 bridgehead atoms. The summed E-state index contributed by atoms with van der Waals surface area (Å²) in [4.78, 5) is 16.2. The fraction of sp³-hybridized carbons (Fsp3) is 0.200. The molecule has 0 aliphatic heterocycles. The molecule has 0 aliphatic carbocycles. The molecule has 0 saturated carbocycles. The molecule has 4 N–H and O–H groups in total. The number of sulfonamides is 1. The van der Waals surface area contributed by atoms with Gasteiger partial charge in [-0.3, -0.25) is 4.79 Å². The number of carbonyl (C=O) groups excluding carboxylic acids is 1. The Hall–Kier alpha value is -2.65. The standard InChI is InChI=1S/C15H18N4O4S/c1-10(18-12-5-8-14(23-2)17-9-12)15(20)19-11-3-6-13(7-4-11)24(16,21)22/h3-10,18H,1-2H3,(H,19,20)(H2,16,21,22)/t10-/m0/s1. The smallest absolute Gasteiger partial charge is 0.246 e. The minimum absolute atomic E-state index is 0.0176. The van der Waals surface area contributed by atoms with Crippen LogP contribution in [0, 0.1) is 0 Å². The quantitative estimate of drug-likeness (QED) is 0.719. The summed E-state index contributed by atoms with van der Waals surface area (Å²) in [6.45, 7) is 1.69. The van der Waals surface area contributed by atoms with E-state index in [1.165, 1.54) is 31.4 Å². The van der Waals surface area contributed by atoms with Gasteiger partial charge in [-0.1, -0.05) is 0 Å². The summed E-state index contributed by atoms with van der Waals surface area (Å²) in [6.07, 6.45) is 1.56. The first-order valence-corrected chi connectivity index (χ1v) is 8.54. The molecule has 1 aromatic carbocycles. The molecule has 0 aliphatic rings. The number of carbonyl (C=O) groups is 1. The van der Waals surface area contributed by atoms with Crippen LogP contribution in [0.3, 0.4) is 0 Å². The zero-order valence-electron chi connectivity index (χ0n) is 13.2. The third-order valence-corrected chi connectivity index (χ3v) is 4.10. The zero-order chi connectivity index (χ0) is 17.7. The van der Waals surface area contributed by atoms with Crippen molar-refractivity contribution in [2.45, 2.75) is 17.9 Å². The number of hydrogen-bond acceptors (Lipinski definition) is 6. The monoisotopic (exact) mass is 350 g/mol. The molecular formula is C15H18N4O4S. The maximum absolute atomic E-state index is 12.2. The Labute approximate surface area is 140 Å². The van der Waals surface area contributed by atoms with E-state index in [4.69, 9.17) is 9.88 Å². The molecule has 24 heavy (non-hydrogen) atoms. The summed E-state index contributed by atoms with van der Waals surface area (Å²) in [6, 6.07) is 8.50. The minimum Gasteiger partial charge on any atom is -0.481 e. The molecule has 128 valence electrons. The lowest BCUT2D eigenvalue weighted by molar-refractivity contribution is -0.116. The van der Waals surface area contributed by atoms with Crippen molar-refractivity contribution in [3.63, 3.8) is 0 Å². The number of benzene rings is 1. The minimum atomic E-state index is -3.75. The number of nitrogens with one attached hydrogen (secondary N) is 2. The first kappa shape index (κ1) is 17.7. The Balaban J connectivity index is 1.98. The third-order valence-electron chi connectivity index (χ3n) is 3.17. The number of primary sulfonamides is 1. The number of nitrogens with two attached hydrogens (primary N) is 1. The summed E-state index contributed by atoms with van der Waals surface area (Å²) in [5, 5.41) is 10.7. The van der Waals surface area contributed by atoms with Crippen molar-refractivity contribution < 1.29 is 17.9 Å². The van der Waals surface area contributed by atoms with Gasteiger partial charge in [0.2, 0.25) is 21.8 Å². The van der Waals surface area contributed by atoms with Crippen LogP contribution in [0.2, 0.25) is 0 Å². The molecule has 0 fully saturated rings. The maximum Gasteiger partial charge on any atom is 0.246 e. The van der Waals surface area contributed by atoms with E-state index in [2.05, 4.69) is 15.6 Å². The van der Waals surface area contributed by atoms with Crippen molar-refractivity contribution in [1.82, 2.24) is 4.98 Å². The Morgan fingerprint density at radius 1 is 1.17 bits per heavy atom. The first-order valence-electron chi connectivity index (χ1n) is 7.00. The van der Waals surface area contributed by atoms with E-state index < -0.39 is 16.1 Å². The SMILES string of the molecule is COc1ccc(N[C@@H](C)C(=O)Nc2ccc(S(N)(=O)=O)cc2)cn1. The number of nitrogens with zero attached hydrogens (tertiary/aromatic N) is 1. The lowest BCUT2D eigenvalue weighted by Gasteiger charge is -2.15. The van der Waals surface area contributed by atoms with Gasteiger partial charge in [-0.25, -0.2) is 18.5 Å². The van der Waals surface area contributed by atoms with Gasteiger partial charge in [0.15, 0.2) is 0 Å². The van der Waals surface area contributed by atoms with E-state index >= 15 is 0 Å². The van der Waals surface area contributed by atoms with Crippen LogP contribution in [-0.4, -0.2) is 32.5 Å². The molecular weight excluding hydrogens is 332 g/mol. The molecule has 0 spiro atoms. The van der Waals surface area contributed by atoms with Gasteiger partial charge >= 0.3 is 0 Å². The third kappa shape index (κ3) is 4.67. The van der Waals surface area contributed by atoms with Crippen molar-refractivity contribution in [2.75, 3.05) is 17.7 Å². The molecule has 0 saturated heterocycles. The summed E-state index contributed by atoms with van der Waals surface area (Å²) in [5.74, 6) is 0.196. The highest BCUT2D eigenvalue weighted by atomic mass is 32.2. The van der Waals surface area contributed by atoms with Crippen LogP contribution < -0.4 is 20.5 Å². The van der Waals surface area contributed by atoms with Gasteiger partial charge in [-0.2, -0.15) is 0 Å². The summed E-state index contributed by atoms with van der Waals surface area (Å²) in [5.41, 5.74) is 1.14. The number of rotatable bonds is 6. The summed E-state index contributed by atoms with van der Waals surface area (Å²) >= 11 is 0. The van der Waals surface area contributed by atoms with Gasteiger partial charge in [-0.15, -0.1) is 0 Å². The predicted octanol–water partition coefficient (Wildman–Crippen LogP) is 1.18. The number of amides is 1. The van der Waals surface area contributed by atoms with Crippen LogP contribution >= 0.6 is 0 Å². The van der Waals surface area contributed by atoms with E-state index in [1.807, 2.05) is 0 Å². The first-order chi connectivity index (χ1) is 11.3. The van der Waals surface area contributed by atoms with E-state index in [0.29, 0.717) is 17.3 Å². The summed E-state index contributed by atoms with van der Waals surface area (Å²) < 4.78 is 27.3. The molecule has 0 unspecified atom stereocenters. The fourth-order valence-corrected chi connectivity index (χ4v) is 2.40. The Morgan fingerprint density at radius 3 is 2.29 bits per heavy atom. The zero-order valence-corrected chi connectivity index (χ0v) is 14.0. The molecule has 1 aromatic heterocycles. The topological polar surface area (TPSA) is 123 Å². The number of ether oxygens (including phenoxy) is 1. The second-order valence-corrected chi connectivity index (χ2v) is 6.58. The van der Waals surface area contributed by atoms with Gasteiger partial charge < -0.3 is 15.4 Å². The van der Waals surface area contributed by atoms with E-state index in [9.17, 15) is 13.2 Å². The second-order valence-electron chi connectivity index (χ2n) is 5.01. The molecule has 1 atom stereocenters. The Bertz CT molecular complexity index is 804. The summed E-state index contributed by atoms with van der Waals surface area (Å²) in [7, 11) is -2.23. The van der Waals surface area contributed by atoms with E-state index in [1.54, 1.807) is 25.3 Å². The molecule has 2 rings (SSSR count). The lowest BCUT2D eigenvalue weighted by Crippen LogP contribution is -2.31. The van der Waals surface area contributed by atoms with Crippen LogP contribution in [-0.2, 0) is 14.8 Å². The number of hydrogen-bond donors (Lipinski definition) is 3. The average Bonchev–Trinajstić information content (AvgIpc) is 2.55. The van der Waals surface area contributed by atoms with Crippen molar-refractivity contribution in [3.05, 3.63) is 42.6 Å². The molecule has 0 radical (unpaired) electrons. The Kier molecular flexibility index (Phi) is 5.37. The average molecular weight is 350 g/mol. The van der Waals surface area contributed by atoms with Crippen LogP contribution in [0.25, 0.3) is 0 Å². The van der Waals surface area contributed by atoms with Crippen molar-refractivity contribution in [1.29, 1.82) is 0 Å². The van der Waals surface area contributed by atoms with Gasteiger partial charge in [0.05, 0.1) is 23.9 Å². The van der Waals surface area contributed by atoms with Gasteiger partial charge in [0.1, 0.15) is 6.04 Å². The second kappa shape index (κ2) is 7.28. The van der Waals surface area contributed by atoms with Gasteiger partial charge in [0, 0.05) is 11.8 Å². The van der Waals surface area contributed by atoms with Gasteiger partial charge in [-0.05, 0) is 37.3 Å². The molecule has 1 amide bonds. The van der Waals surface area contributed by atoms with Gasteiger partial charge in [0.25, 0.3) is 0 Å². The normalized spacial score (nSPS) is 12.3. The van der Waals surface area contributed by atoms with Crippen LogP contribution in [0.4, 0.5) is 11.4 Å². The van der Waals surface area contributed by atoms with Crippen molar-refractivity contribution in [2.24, 2.45) is 5.14 Å². The maximum atomic E-state index is 12.2. The molecule has 9 heteroatoms. The van der Waals surface area contributed by atoms with E-state index in [0.717, 1.165) is 0 Å². The van der Waals surface area contributed by atoms with E-state index in [-0.39, 0.29) is 10.8 Å². The van der Waals surface area contributed by atoms with Crippen LogP contribution in [0.1, 0.15) is 6.92 Å². The lowest BCUT2D eigenvalue weighted by atomic mass is 10.2. The fourth-order valence-electron chi connectivity index (χ4n) is 1.88. The highest BCUT2D eigenvalue weighted by Gasteiger charge is 2.14. The predicted molar refractivity (Wildman–Crippen MR) is 90.3 cm³/mol. The largest absolute Gasteiger partial charge is 0.481 e. The van der Waals surface area contributed by atoms with Crippen LogP contribution in [0.15, 0.2) is 47.5 Å². The molecule has 8 nitrogen and oxygen atoms in total. The Morgan fingerprint density at radius 2 is 1.79 bits per heavy atom. The highest BCUT2D eigenvalue weighted by Crippen LogP contribution is 2.15. The van der Waals surface area contributed by atoms with Crippen molar-refractivity contribution >= 4 is 27.3 Å². The van der Waals surface area contributed by atoms with Crippen LogP contribution in [0.5, 0.6) is 5.88 Å².